The monoisotopic (exact) mass is 470 g/mol. The van der Waals surface area contributed by atoms with E-state index in [0.717, 1.165) is 45.4 Å². The highest BCUT2D eigenvalue weighted by Crippen LogP contribution is 2.38. The van der Waals surface area contributed by atoms with E-state index in [0.29, 0.717) is 5.41 Å². The van der Waals surface area contributed by atoms with Crippen molar-refractivity contribution in [3.8, 4) is 0 Å². The SMILES string of the molecule is CN=C(NCc1ccc2c(c1)CCCN2C)N1CCC2(CCOC2)C1.I. The molecule has 1 aromatic carbocycles. The van der Waals surface area contributed by atoms with Crippen molar-refractivity contribution >= 4 is 35.6 Å². The largest absolute Gasteiger partial charge is 0.381 e. The predicted molar refractivity (Wildman–Crippen MR) is 118 cm³/mol. The lowest BCUT2D eigenvalue weighted by Gasteiger charge is -2.28. The number of aliphatic imine (C=N–C) groups is 1. The van der Waals surface area contributed by atoms with Gasteiger partial charge in [0.2, 0.25) is 0 Å². The lowest BCUT2D eigenvalue weighted by Crippen LogP contribution is -2.41. The lowest BCUT2D eigenvalue weighted by molar-refractivity contribution is 0.156. The number of guanidine groups is 1. The van der Waals surface area contributed by atoms with Gasteiger partial charge in [-0.3, -0.25) is 4.99 Å². The van der Waals surface area contributed by atoms with Crippen molar-refractivity contribution in [1.82, 2.24) is 10.2 Å². The molecule has 2 saturated heterocycles. The van der Waals surface area contributed by atoms with E-state index >= 15 is 0 Å². The molecule has 0 amide bonds. The smallest absolute Gasteiger partial charge is 0.193 e. The highest BCUT2D eigenvalue weighted by molar-refractivity contribution is 14.0. The Morgan fingerprint density at radius 1 is 1.31 bits per heavy atom. The molecule has 6 heteroatoms. The molecule has 3 aliphatic heterocycles. The number of likely N-dealkylation sites (tertiary alicyclic amines) is 1. The van der Waals surface area contributed by atoms with E-state index in [1.54, 1.807) is 0 Å². The maximum atomic E-state index is 5.64. The van der Waals surface area contributed by atoms with E-state index in [2.05, 4.69) is 45.4 Å². The summed E-state index contributed by atoms with van der Waals surface area (Å²) in [7, 11) is 4.08. The van der Waals surface area contributed by atoms with E-state index in [1.165, 1.54) is 42.5 Å². The second-order valence-corrected chi connectivity index (χ2v) is 7.86. The summed E-state index contributed by atoms with van der Waals surface area (Å²) in [4.78, 5) is 9.29. The molecule has 0 aliphatic carbocycles. The number of nitrogens with one attached hydrogen (secondary N) is 1. The molecule has 0 bridgehead atoms. The van der Waals surface area contributed by atoms with E-state index in [1.807, 2.05) is 7.05 Å². The lowest BCUT2D eigenvalue weighted by atomic mass is 9.87. The number of hydrogen-bond donors (Lipinski definition) is 1. The van der Waals surface area contributed by atoms with Crippen molar-refractivity contribution in [3.63, 3.8) is 0 Å². The maximum Gasteiger partial charge on any atom is 0.193 e. The quantitative estimate of drug-likeness (QED) is 0.410. The molecule has 1 unspecified atom stereocenters. The van der Waals surface area contributed by atoms with Crippen LogP contribution in [0.5, 0.6) is 0 Å². The van der Waals surface area contributed by atoms with Crippen LogP contribution < -0.4 is 10.2 Å². The van der Waals surface area contributed by atoms with Crippen LogP contribution in [-0.2, 0) is 17.7 Å². The summed E-state index contributed by atoms with van der Waals surface area (Å²) >= 11 is 0. The zero-order valence-corrected chi connectivity index (χ0v) is 18.3. The molecule has 1 atom stereocenters. The molecular weight excluding hydrogens is 439 g/mol. The van der Waals surface area contributed by atoms with Gasteiger partial charge in [0, 0.05) is 58.0 Å². The highest BCUT2D eigenvalue weighted by atomic mass is 127. The minimum Gasteiger partial charge on any atom is -0.381 e. The number of hydrogen-bond acceptors (Lipinski definition) is 3. The number of fused-ring (bicyclic) bond motifs is 1. The number of halogens is 1. The third-order valence-corrected chi connectivity index (χ3v) is 6.08. The molecule has 3 heterocycles. The van der Waals surface area contributed by atoms with Gasteiger partial charge >= 0.3 is 0 Å². The van der Waals surface area contributed by atoms with Crippen molar-refractivity contribution in [2.24, 2.45) is 10.4 Å². The molecule has 2 fully saturated rings. The van der Waals surface area contributed by atoms with Crippen LogP contribution in [0, 0.1) is 5.41 Å². The van der Waals surface area contributed by atoms with Gasteiger partial charge in [0.1, 0.15) is 0 Å². The molecule has 5 nitrogen and oxygen atoms in total. The number of rotatable bonds is 2. The Morgan fingerprint density at radius 3 is 2.96 bits per heavy atom. The standard InChI is InChI=1S/C20H30N4O.HI/c1-21-19(24-10-7-20(14-24)8-11-25-15-20)22-13-16-5-6-18-17(12-16)4-3-9-23(18)2;/h5-6,12H,3-4,7-11,13-15H2,1-2H3,(H,21,22);1H. The summed E-state index contributed by atoms with van der Waals surface area (Å²) in [5.41, 5.74) is 4.58. The van der Waals surface area contributed by atoms with Gasteiger partial charge in [-0.05, 0) is 42.9 Å². The Labute approximate surface area is 174 Å². The number of ether oxygens (including phenoxy) is 1. The molecule has 0 saturated carbocycles. The third kappa shape index (κ3) is 3.96. The summed E-state index contributed by atoms with van der Waals surface area (Å²) in [6.45, 7) is 5.99. The van der Waals surface area contributed by atoms with Gasteiger partial charge in [0.05, 0.1) is 6.61 Å². The van der Waals surface area contributed by atoms with Gasteiger partial charge in [-0.15, -0.1) is 24.0 Å². The van der Waals surface area contributed by atoms with Crippen LogP contribution in [0.1, 0.15) is 30.4 Å². The summed E-state index contributed by atoms with van der Waals surface area (Å²) in [5, 5.41) is 3.57. The van der Waals surface area contributed by atoms with Crippen LogP contribution in [0.4, 0.5) is 5.69 Å². The molecule has 3 aliphatic rings. The molecule has 0 aromatic heterocycles. The Hall–Kier alpha value is -1.02. The number of nitrogens with zero attached hydrogens (tertiary/aromatic N) is 3. The van der Waals surface area contributed by atoms with Crippen LogP contribution in [0.2, 0.25) is 0 Å². The van der Waals surface area contributed by atoms with E-state index in [9.17, 15) is 0 Å². The number of anilines is 1. The Bertz CT molecular complexity index is 657. The minimum absolute atomic E-state index is 0. The van der Waals surface area contributed by atoms with E-state index < -0.39 is 0 Å². The molecule has 4 rings (SSSR count). The van der Waals surface area contributed by atoms with Crippen LogP contribution in [0.25, 0.3) is 0 Å². The van der Waals surface area contributed by atoms with Crippen molar-refractivity contribution in [2.45, 2.75) is 32.2 Å². The summed E-state index contributed by atoms with van der Waals surface area (Å²) < 4.78 is 5.64. The van der Waals surface area contributed by atoms with Crippen LogP contribution in [0.15, 0.2) is 23.2 Å². The van der Waals surface area contributed by atoms with Crippen molar-refractivity contribution in [3.05, 3.63) is 29.3 Å². The fourth-order valence-corrected chi connectivity index (χ4v) is 4.55. The molecule has 0 radical (unpaired) electrons. The first-order valence-corrected chi connectivity index (χ1v) is 9.55. The first-order valence-electron chi connectivity index (χ1n) is 9.55. The average molecular weight is 470 g/mol. The van der Waals surface area contributed by atoms with Gasteiger partial charge < -0.3 is 19.9 Å². The molecular formula is C20H31IN4O. The van der Waals surface area contributed by atoms with Crippen LogP contribution in [-0.4, -0.2) is 57.8 Å². The van der Waals surface area contributed by atoms with Crippen molar-refractivity contribution in [1.29, 1.82) is 0 Å². The Kier molecular flexibility index (Phi) is 6.33. The fraction of sp³-hybridized carbons (Fsp3) is 0.650. The predicted octanol–water partition coefficient (Wildman–Crippen LogP) is 2.87. The molecule has 26 heavy (non-hydrogen) atoms. The molecule has 1 N–H and O–H groups in total. The molecule has 144 valence electrons. The third-order valence-electron chi connectivity index (χ3n) is 6.08. The average Bonchev–Trinajstić information content (AvgIpc) is 3.26. The normalized spacial score (nSPS) is 25.4. The topological polar surface area (TPSA) is 40.1 Å². The zero-order chi connectivity index (χ0) is 17.3. The van der Waals surface area contributed by atoms with Crippen molar-refractivity contribution in [2.75, 3.05) is 51.8 Å². The van der Waals surface area contributed by atoms with E-state index in [-0.39, 0.29) is 24.0 Å². The number of aryl methyl sites for hydroxylation is 1. The van der Waals surface area contributed by atoms with Gasteiger partial charge in [0.15, 0.2) is 5.96 Å². The van der Waals surface area contributed by atoms with Crippen molar-refractivity contribution < 1.29 is 4.74 Å². The van der Waals surface area contributed by atoms with Crippen LogP contribution >= 0.6 is 24.0 Å². The van der Waals surface area contributed by atoms with Gasteiger partial charge in [-0.1, -0.05) is 12.1 Å². The first-order chi connectivity index (χ1) is 12.2. The Morgan fingerprint density at radius 2 is 2.19 bits per heavy atom. The second-order valence-electron chi connectivity index (χ2n) is 7.86. The minimum atomic E-state index is 0. The second kappa shape index (κ2) is 8.33. The number of benzene rings is 1. The Balaban J connectivity index is 0.00000196. The molecule has 1 aromatic rings. The summed E-state index contributed by atoms with van der Waals surface area (Å²) in [6.07, 6.45) is 4.86. The fourth-order valence-electron chi connectivity index (χ4n) is 4.55. The van der Waals surface area contributed by atoms with Gasteiger partial charge in [-0.25, -0.2) is 0 Å². The van der Waals surface area contributed by atoms with Gasteiger partial charge in [-0.2, -0.15) is 0 Å². The van der Waals surface area contributed by atoms with E-state index in [4.69, 9.17) is 4.74 Å². The maximum absolute atomic E-state index is 5.64. The zero-order valence-electron chi connectivity index (χ0n) is 16.0. The summed E-state index contributed by atoms with van der Waals surface area (Å²) in [5.74, 6) is 1.03. The molecule has 1 spiro atoms. The highest BCUT2D eigenvalue weighted by Gasteiger charge is 2.42. The summed E-state index contributed by atoms with van der Waals surface area (Å²) in [6, 6.07) is 6.88. The van der Waals surface area contributed by atoms with Gasteiger partial charge in [0.25, 0.3) is 0 Å². The van der Waals surface area contributed by atoms with Crippen LogP contribution in [0.3, 0.4) is 0 Å². The first kappa shape index (κ1) is 19.7.